The lowest BCUT2D eigenvalue weighted by Crippen LogP contribution is -2.31. The predicted molar refractivity (Wildman–Crippen MR) is 63.4 cm³/mol. The highest BCUT2D eigenvalue weighted by Gasteiger charge is 2.31. The topological polar surface area (TPSA) is 63.9 Å². The van der Waals surface area contributed by atoms with Crippen molar-refractivity contribution in [3.05, 3.63) is 17.7 Å². The van der Waals surface area contributed by atoms with Gasteiger partial charge in [0.1, 0.15) is 5.82 Å². The van der Waals surface area contributed by atoms with E-state index in [1.165, 1.54) is 5.69 Å². The van der Waals surface area contributed by atoms with Crippen molar-refractivity contribution < 1.29 is 4.74 Å². The van der Waals surface area contributed by atoms with Gasteiger partial charge < -0.3 is 15.5 Å². The van der Waals surface area contributed by atoms with Crippen LogP contribution in [0.4, 0.5) is 0 Å². The molecule has 2 rings (SSSR count). The van der Waals surface area contributed by atoms with Crippen LogP contribution >= 0.6 is 0 Å². The van der Waals surface area contributed by atoms with Gasteiger partial charge in [-0.15, -0.1) is 0 Å². The summed E-state index contributed by atoms with van der Waals surface area (Å²) in [7, 11) is 0. The van der Waals surface area contributed by atoms with E-state index in [4.69, 9.17) is 10.5 Å². The number of rotatable bonds is 4. The molecule has 0 radical (unpaired) electrons. The van der Waals surface area contributed by atoms with Gasteiger partial charge in [-0.25, -0.2) is 4.98 Å². The van der Waals surface area contributed by atoms with Crippen molar-refractivity contribution in [3.8, 4) is 0 Å². The molecule has 0 saturated carbocycles. The van der Waals surface area contributed by atoms with Crippen molar-refractivity contribution in [1.29, 1.82) is 0 Å². The lowest BCUT2D eigenvalue weighted by Gasteiger charge is -2.31. The Morgan fingerprint density at radius 3 is 2.94 bits per heavy atom. The molecule has 1 aliphatic heterocycles. The lowest BCUT2D eigenvalue weighted by molar-refractivity contribution is 0.0538. The molecule has 0 unspecified atom stereocenters. The van der Waals surface area contributed by atoms with E-state index < -0.39 is 0 Å². The van der Waals surface area contributed by atoms with Gasteiger partial charge >= 0.3 is 0 Å². The molecule has 0 amide bonds. The molecular formula is C12H21N3O. The second-order valence-corrected chi connectivity index (χ2v) is 4.82. The predicted octanol–water partition coefficient (Wildman–Crippen LogP) is 1.37. The molecule has 4 nitrogen and oxygen atoms in total. The average Bonchev–Trinajstić information content (AvgIpc) is 2.77. The van der Waals surface area contributed by atoms with Gasteiger partial charge in [0.15, 0.2) is 0 Å². The van der Waals surface area contributed by atoms with Crippen LogP contribution in [0.2, 0.25) is 0 Å². The highest BCUT2D eigenvalue weighted by atomic mass is 16.5. The monoisotopic (exact) mass is 223 g/mol. The van der Waals surface area contributed by atoms with Crippen LogP contribution in [0.15, 0.2) is 6.20 Å². The molecule has 4 heteroatoms. The molecule has 0 spiro atoms. The van der Waals surface area contributed by atoms with Gasteiger partial charge in [0.25, 0.3) is 0 Å². The second kappa shape index (κ2) is 4.97. The molecular weight excluding hydrogens is 202 g/mol. The van der Waals surface area contributed by atoms with Crippen LogP contribution in [0.25, 0.3) is 0 Å². The van der Waals surface area contributed by atoms with E-state index in [2.05, 4.69) is 16.9 Å². The zero-order valence-electron chi connectivity index (χ0n) is 9.96. The molecule has 0 atom stereocenters. The van der Waals surface area contributed by atoms with E-state index in [0.29, 0.717) is 0 Å². The molecule has 1 saturated heterocycles. The molecule has 1 aromatic rings. The van der Waals surface area contributed by atoms with Crippen LogP contribution in [-0.4, -0.2) is 29.7 Å². The summed E-state index contributed by atoms with van der Waals surface area (Å²) in [4.78, 5) is 7.95. The van der Waals surface area contributed by atoms with Crippen molar-refractivity contribution in [2.45, 2.75) is 38.0 Å². The summed E-state index contributed by atoms with van der Waals surface area (Å²) in [5, 5.41) is 0. The Morgan fingerprint density at radius 1 is 1.50 bits per heavy atom. The van der Waals surface area contributed by atoms with E-state index >= 15 is 0 Å². The number of hydrogen-bond acceptors (Lipinski definition) is 3. The number of hydrogen-bond donors (Lipinski definition) is 2. The maximum absolute atomic E-state index is 5.50. The van der Waals surface area contributed by atoms with Crippen molar-refractivity contribution in [1.82, 2.24) is 9.97 Å². The summed E-state index contributed by atoms with van der Waals surface area (Å²) in [6, 6.07) is 0. The summed E-state index contributed by atoms with van der Waals surface area (Å²) >= 11 is 0. The fourth-order valence-corrected chi connectivity index (χ4v) is 2.14. The first-order chi connectivity index (χ1) is 7.74. The quantitative estimate of drug-likeness (QED) is 0.810. The SMILES string of the molecule is CC1(c2ncc(CCCN)[nH]2)CCOCC1. The molecule has 2 heterocycles. The van der Waals surface area contributed by atoms with Crippen molar-refractivity contribution in [3.63, 3.8) is 0 Å². The van der Waals surface area contributed by atoms with E-state index in [9.17, 15) is 0 Å². The maximum atomic E-state index is 5.50. The molecule has 3 N–H and O–H groups in total. The van der Waals surface area contributed by atoms with E-state index in [1.54, 1.807) is 0 Å². The van der Waals surface area contributed by atoms with Crippen LogP contribution < -0.4 is 5.73 Å². The minimum absolute atomic E-state index is 0.166. The van der Waals surface area contributed by atoms with E-state index in [-0.39, 0.29) is 5.41 Å². The number of aromatic nitrogens is 2. The van der Waals surface area contributed by atoms with Gasteiger partial charge in [-0.05, 0) is 32.2 Å². The van der Waals surface area contributed by atoms with Gasteiger partial charge in [0.2, 0.25) is 0 Å². The summed E-state index contributed by atoms with van der Waals surface area (Å²) in [6.45, 7) is 4.69. The third kappa shape index (κ3) is 2.44. The van der Waals surface area contributed by atoms with Gasteiger partial charge in [-0.3, -0.25) is 0 Å². The number of imidazole rings is 1. The third-order valence-corrected chi connectivity index (χ3v) is 3.45. The van der Waals surface area contributed by atoms with E-state index in [0.717, 1.165) is 51.3 Å². The number of nitrogens with zero attached hydrogens (tertiary/aromatic N) is 1. The van der Waals surface area contributed by atoms with Gasteiger partial charge in [-0.2, -0.15) is 0 Å². The maximum Gasteiger partial charge on any atom is 0.112 e. The molecule has 1 aromatic heterocycles. The lowest BCUT2D eigenvalue weighted by atomic mass is 9.82. The Kier molecular flexibility index (Phi) is 3.61. The van der Waals surface area contributed by atoms with Crippen molar-refractivity contribution in [2.24, 2.45) is 5.73 Å². The van der Waals surface area contributed by atoms with Gasteiger partial charge in [0.05, 0.1) is 0 Å². The first-order valence-electron chi connectivity index (χ1n) is 6.07. The molecule has 0 bridgehead atoms. The summed E-state index contributed by atoms with van der Waals surface area (Å²) < 4.78 is 5.40. The summed E-state index contributed by atoms with van der Waals surface area (Å²) in [5.74, 6) is 1.11. The fraction of sp³-hybridized carbons (Fsp3) is 0.750. The van der Waals surface area contributed by atoms with Crippen molar-refractivity contribution >= 4 is 0 Å². The fourth-order valence-electron chi connectivity index (χ4n) is 2.14. The molecule has 16 heavy (non-hydrogen) atoms. The number of aromatic amines is 1. The normalized spacial score (nSPS) is 19.9. The second-order valence-electron chi connectivity index (χ2n) is 4.82. The Hall–Kier alpha value is -0.870. The zero-order valence-corrected chi connectivity index (χ0v) is 9.96. The molecule has 90 valence electrons. The Balaban J connectivity index is 2.05. The van der Waals surface area contributed by atoms with Crippen molar-refractivity contribution in [2.75, 3.05) is 19.8 Å². The minimum atomic E-state index is 0.166. The third-order valence-electron chi connectivity index (χ3n) is 3.45. The largest absolute Gasteiger partial charge is 0.381 e. The number of aryl methyl sites for hydroxylation is 1. The molecule has 1 fully saturated rings. The standard InChI is InChI=1S/C12H21N3O/c1-12(4-7-16-8-5-12)11-14-9-10(15-11)3-2-6-13/h9H,2-8,13H2,1H3,(H,14,15). The van der Waals surface area contributed by atoms with Gasteiger partial charge in [-0.1, -0.05) is 6.92 Å². The van der Waals surface area contributed by atoms with Crippen LogP contribution in [0.3, 0.4) is 0 Å². The number of ether oxygens (including phenoxy) is 1. The molecule has 0 aliphatic carbocycles. The highest BCUT2D eigenvalue weighted by molar-refractivity contribution is 5.12. The van der Waals surface area contributed by atoms with E-state index in [1.807, 2.05) is 6.20 Å². The number of nitrogens with two attached hydrogens (primary N) is 1. The van der Waals surface area contributed by atoms with Crippen LogP contribution in [0.5, 0.6) is 0 Å². The average molecular weight is 223 g/mol. The summed E-state index contributed by atoms with van der Waals surface area (Å²) in [6.07, 6.45) is 6.07. The Labute approximate surface area is 96.6 Å². The zero-order chi connectivity index (χ0) is 11.4. The van der Waals surface area contributed by atoms with Crippen LogP contribution in [-0.2, 0) is 16.6 Å². The first kappa shape index (κ1) is 11.6. The van der Waals surface area contributed by atoms with Crippen LogP contribution in [0.1, 0.15) is 37.7 Å². The number of H-pyrrole nitrogens is 1. The summed E-state index contributed by atoms with van der Waals surface area (Å²) in [5.41, 5.74) is 6.87. The molecule has 0 aromatic carbocycles. The smallest absolute Gasteiger partial charge is 0.112 e. The number of nitrogens with one attached hydrogen (secondary N) is 1. The minimum Gasteiger partial charge on any atom is -0.381 e. The Morgan fingerprint density at radius 2 is 2.25 bits per heavy atom. The Bertz CT molecular complexity index is 329. The first-order valence-corrected chi connectivity index (χ1v) is 6.07. The van der Waals surface area contributed by atoms with Gasteiger partial charge in [0, 0.05) is 30.5 Å². The highest BCUT2D eigenvalue weighted by Crippen LogP contribution is 2.32. The molecule has 1 aliphatic rings. The van der Waals surface area contributed by atoms with Crippen LogP contribution in [0, 0.1) is 0 Å².